The largest absolute Gasteiger partial charge is 0.0776 e. The smallest absolute Gasteiger partial charge is 0.00728 e. The van der Waals surface area contributed by atoms with Crippen molar-refractivity contribution in [3.63, 3.8) is 0 Å². The molecule has 0 aromatic carbocycles. The summed E-state index contributed by atoms with van der Waals surface area (Å²) in [6, 6.07) is 0. The van der Waals surface area contributed by atoms with E-state index in [0.29, 0.717) is 5.92 Å². The predicted octanol–water partition coefficient (Wildman–Crippen LogP) is 3.31. The zero-order valence-electron chi connectivity index (χ0n) is 6.93. The van der Waals surface area contributed by atoms with Gasteiger partial charge in [0.05, 0.1) is 0 Å². The lowest BCUT2D eigenvalue weighted by Crippen LogP contribution is -1.77. The van der Waals surface area contributed by atoms with Crippen molar-refractivity contribution < 1.29 is 0 Å². The molecular weight excluding hydrogens is 120 g/mol. The molecule has 0 radical (unpaired) electrons. The summed E-state index contributed by atoms with van der Waals surface area (Å²) in [7, 11) is 0. The van der Waals surface area contributed by atoms with Crippen LogP contribution in [0.2, 0.25) is 0 Å². The van der Waals surface area contributed by atoms with Crippen molar-refractivity contribution in [2.45, 2.75) is 33.1 Å². The molecular formula is C10H16. The third-order valence-corrected chi connectivity index (χ3v) is 1.91. The summed E-state index contributed by atoms with van der Waals surface area (Å²) in [5, 5.41) is 0. The molecule has 0 N–H and O–H groups in total. The number of unbranched alkanes of at least 4 members (excludes halogenated alkanes) is 1. The molecule has 0 amide bonds. The van der Waals surface area contributed by atoms with E-state index < -0.39 is 0 Å². The Morgan fingerprint density at radius 2 is 2.30 bits per heavy atom. The fourth-order valence-electron chi connectivity index (χ4n) is 1.27. The average molecular weight is 136 g/mol. The van der Waals surface area contributed by atoms with Gasteiger partial charge in [-0.15, -0.1) is 0 Å². The summed E-state index contributed by atoms with van der Waals surface area (Å²) in [4.78, 5) is 0. The first-order valence-electron chi connectivity index (χ1n) is 4.22. The van der Waals surface area contributed by atoms with Gasteiger partial charge >= 0.3 is 0 Å². The molecule has 1 unspecified atom stereocenters. The highest BCUT2D eigenvalue weighted by Crippen LogP contribution is 2.19. The molecule has 1 atom stereocenters. The highest BCUT2D eigenvalue weighted by molar-refractivity contribution is 5.28. The van der Waals surface area contributed by atoms with Gasteiger partial charge in [-0.2, -0.15) is 0 Å². The Morgan fingerprint density at radius 1 is 1.50 bits per heavy atom. The molecule has 0 nitrogen and oxygen atoms in total. The van der Waals surface area contributed by atoms with E-state index in [2.05, 4.69) is 32.1 Å². The normalized spacial score (nSPS) is 23.4. The Hall–Kier alpha value is -0.520. The third kappa shape index (κ3) is 2.02. The van der Waals surface area contributed by atoms with E-state index in [4.69, 9.17) is 0 Å². The molecule has 0 saturated carbocycles. The van der Waals surface area contributed by atoms with Gasteiger partial charge in [0.15, 0.2) is 0 Å². The molecule has 1 aliphatic carbocycles. The van der Waals surface area contributed by atoms with Crippen molar-refractivity contribution in [3.8, 4) is 0 Å². The Labute approximate surface area is 63.6 Å². The van der Waals surface area contributed by atoms with Crippen LogP contribution in [0.3, 0.4) is 0 Å². The molecule has 0 fully saturated rings. The summed E-state index contributed by atoms with van der Waals surface area (Å²) in [6.07, 6.45) is 10.8. The molecule has 0 saturated heterocycles. The maximum absolute atomic E-state index is 2.36. The first kappa shape index (κ1) is 7.59. The van der Waals surface area contributed by atoms with Crippen LogP contribution in [0.15, 0.2) is 23.8 Å². The first-order chi connectivity index (χ1) is 4.83. The van der Waals surface area contributed by atoms with Crippen LogP contribution in [-0.2, 0) is 0 Å². The van der Waals surface area contributed by atoms with E-state index in [-0.39, 0.29) is 0 Å². The third-order valence-electron chi connectivity index (χ3n) is 1.91. The van der Waals surface area contributed by atoms with Gasteiger partial charge in [-0.3, -0.25) is 0 Å². The van der Waals surface area contributed by atoms with Gasteiger partial charge in [0.25, 0.3) is 0 Å². The average Bonchev–Trinajstić information content (AvgIpc) is 2.31. The molecule has 1 aliphatic rings. The molecule has 0 heterocycles. The second-order valence-corrected chi connectivity index (χ2v) is 3.06. The minimum absolute atomic E-state index is 0.687. The molecule has 0 bridgehead atoms. The molecule has 0 aromatic heterocycles. The van der Waals surface area contributed by atoms with Crippen molar-refractivity contribution in [1.82, 2.24) is 0 Å². The summed E-state index contributed by atoms with van der Waals surface area (Å²) in [6.45, 7) is 4.47. The summed E-state index contributed by atoms with van der Waals surface area (Å²) >= 11 is 0. The molecule has 56 valence electrons. The Morgan fingerprint density at radius 3 is 2.80 bits per heavy atom. The Bertz CT molecular complexity index is 151. The van der Waals surface area contributed by atoms with Crippen LogP contribution in [0.4, 0.5) is 0 Å². The lowest BCUT2D eigenvalue weighted by Gasteiger charge is -1.95. The van der Waals surface area contributed by atoms with Gasteiger partial charge in [-0.25, -0.2) is 0 Å². The van der Waals surface area contributed by atoms with Crippen molar-refractivity contribution in [3.05, 3.63) is 23.8 Å². The van der Waals surface area contributed by atoms with Gasteiger partial charge < -0.3 is 0 Å². The SMILES string of the molecule is CCCCC1=CC(C)C=C1. The molecule has 10 heavy (non-hydrogen) atoms. The van der Waals surface area contributed by atoms with Crippen LogP contribution in [0.5, 0.6) is 0 Å². The number of allylic oxidation sites excluding steroid dienone is 4. The van der Waals surface area contributed by atoms with Gasteiger partial charge in [-0.05, 0) is 18.8 Å². The highest BCUT2D eigenvalue weighted by Gasteiger charge is 2.02. The van der Waals surface area contributed by atoms with Crippen molar-refractivity contribution in [2.24, 2.45) is 5.92 Å². The summed E-state index contributed by atoms with van der Waals surface area (Å²) in [5.41, 5.74) is 1.54. The maximum Gasteiger partial charge on any atom is -0.00728 e. The zero-order chi connectivity index (χ0) is 7.40. The minimum atomic E-state index is 0.687. The van der Waals surface area contributed by atoms with E-state index in [0.717, 1.165) is 0 Å². The molecule has 0 heteroatoms. The highest BCUT2D eigenvalue weighted by atomic mass is 14.1. The quantitative estimate of drug-likeness (QED) is 0.558. The molecule has 1 rings (SSSR count). The van der Waals surface area contributed by atoms with Crippen LogP contribution in [0, 0.1) is 5.92 Å². The second kappa shape index (κ2) is 3.60. The number of hydrogen-bond acceptors (Lipinski definition) is 0. The van der Waals surface area contributed by atoms with Crippen LogP contribution >= 0.6 is 0 Å². The Kier molecular flexibility index (Phi) is 2.73. The van der Waals surface area contributed by atoms with Crippen LogP contribution in [-0.4, -0.2) is 0 Å². The maximum atomic E-state index is 2.36. The second-order valence-electron chi connectivity index (χ2n) is 3.06. The van der Waals surface area contributed by atoms with E-state index in [1.165, 1.54) is 24.8 Å². The standard InChI is InChI=1S/C10H16/c1-3-4-5-10-7-6-9(2)8-10/h6-9H,3-5H2,1-2H3. The monoisotopic (exact) mass is 136 g/mol. The Balaban J connectivity index is 2.30. The van der Waals surface area contributed by atoms with Crippen molar-refractivity contribution in [1.29, 1.82) is 0 Å². The molecule has 0 aromatic rings. The molecule has 0 aliphatic heterocycles. The minimum Gasteiger partial charge on any atom is -0.0776 e. The lowest BCUT2D eigenvalue weighted by atomic mass is 10.1. The van der Waals surface area contributed by atoms with Crippen molar-refractivity contribution in [2.75, 3.05) is 0 Å². The number of hydrogen-bond donors (Lipinski definition) is 0. The fourth-order valence-corrected chi connectivity index (χ4v) is 1.27. The summed E-state index contributed by atoms with van der Waals surface area (Å²) in [5.74, 6) is 0.687. The van der Waals surface area contributed by atoms with Crippen LogP contribution in [0.25, 0.3) is 0 Å². The lowest BCUT2D eigenvalue weighted by molar-refractivity contribution is 0.795. The zero-order valence-corrected chi connectivity index (χ0v) is 6.93. The first-order valence-corrected chi connectivity index (χ1v) is 4.22. The van der Waals surface area contributed by atoms with Crippen molar-refractivity contribution >= 4 is 0 Å². The van der Waals surface area contributed by atoms with Crippen LogP contribution < -0.4 is 0 Å². The van der Waals surface area contributed by atoms with Gasteiger partial charge in [-0.1, -0.05) is 44.1 Å². The van der Waals surface area contributed by atoms with Gasteiger partial charge in [0, 0.05) is 0 Å². The van der Waals surface area contributed by atoms with E-state index in [9.17, 15) is 0 Å². The topological polar surface area (TPSA) is 0 Å². The van der Waals surface area contributed by atoms with Crippen LogP contribution in [0.1, 0.15) is 33.1 Å². The van der Waals surface area contributed by atoms with Gasteiger partial charge in [0.2, 0.25) is 0 Å². The van der Waals surface area contributed by atoms with Gasteiger partial charge in [0.1, 0.15) is 0 Å². The van der Waals surface area contributed by atoms with E-state index in [1.54, 1.807) is 0 Å². The molecule has 0 spiro atoms. The predicted molar refractivity (Wildman–Crippen MR) is 45.9 cm³/mol. The van der Waals surface area contributed by atoms with E-state index >= 15 is 0 Å². The summed E-state index contributed by atoms with van der Waals surface area (Å²) < 4.78 is 0. The fraction of sp³-hybridized carbons (Fsp3) is 0.600. The number of rotatable bonds is 3. The van der Waals surface area contributed by atoms with E-state index in [1.807, 2.05) is 0 Å².